The van der Waals surface area contributed by atoms with Gasteiger partial charge in [0.2, 0.25) is 10.0 Å². The summed E-state index contributed by atoms with van der Waals surface area (Å²) in [4.78, 5) is 0. The van der Waals surface area contributed by atoms with Crippen molar-refractivity contribution < 1.29 is 38.0 Å². The van der Waals surface area contributed by atoms with Crippen molar-refractivity contribution in [3.63, 3.8) is 0 Å². The van der Waals surface area contributed by atoms with E-state index in [-0.39, 0.29) is 29.6 Å². The molecule has 0 heterocycles. The van der Waals surface area contributed by atoms with Crippen molar-refractivity contribution in [1.29, 1.82) is 0 Å². The summed E-state index contributed by atoms with van der Waals surface area (Å²) in [5, 5.41) is 4.33. The molecule has 0 saturated heterocycles. The Kier molecular flexibility index (Phi) is 4.98. The molecule has 0 aliphatic heterocycles. The van der Waals surface area contributed by atoms with E-state index in [9.17, 15) is 8.42 Å². The molecule has 32 valence electrons. The van der Waals surface area contributed by atoms with Crippen molar-refractivity contribution in [2.24, 2.45) is 5.14 Å². The van der Waals surface area contributed by atoms with E-state index in [1.807, 2.05) is 0 Å². The molecule has 0 aromatic carbocycles. The predicted octanol–water partition coefficient (Wildman–Crippen LogP) is -4.09. The van der Waals surface area contributed by atoms with E-state index in [0.717, 1.165) is 6.26 Å². The maximum Gasteiger partial charge on any atom is 1.00 e. The van der Waals surface area contributed by atoms with Crippen LogP contribution in [0.4, 0.5) is 0 Å². The minimum Gasteiger partial charge on any atom is -0.229 e. The average molecular weight is 118 g/mol. The molecule has 0 aliphatic rings. The first-order valence-electron chi connectivity index (χ1n) is 0.977. The number of sulfonamides is 1. The Bertz CT molecular complexity index is 96.7. The fourth-order valence-electron chi connectivity index (χ4n) is 0. The van der Waals surface area contributed by atoms with Crippen molar-refractivity contribution in [3.05, 3.63) is 0 Å². The maximum absolute atomic E-state index is 9.41. The summed E-state index contributed by atoms with van der Waals surface area (Å²) in [6, 6.07) is 0. The van der Waals surface area contributed by atoms with Crippen molar-refractivity contribution in [2.75, 3.05) is 6.26 Å². The monoisotopic (exact) mass is 118 g/mol. The number of hydrogen-bond donors (Lipinski definition) is 1. The van der Waals surface area contributed by atoms with Crippen LogP contribution in [0.25, 0.3) is 0 Å². The van der Waals surface area contributed by atoms with Crippen LogP contribution in [0.1, 0.15) is 0 Å². The van der Waals surface area contributed by atoms with Gasteiger partial charge in [-0.05, 0) is 0 Å². The molecule has 0 aliphatic carbocycles. The molecule has 0 aromatic rings. The molecule has 2 N–H and O–H groups in total. The van der Waals surface area contributed by atoms with Crippen LogP contribution < -0.4 is 34.7 Å². The van der Waals surface area contributed by atoms with E-state index < -0.39 is 10.0 Å². The van der Waals surface area contributed by atoms with Crippen molar-refractivity contribution in [1.82, 2.24) is 0 Å². The van der Waals surface area contributed by atoms with Crippen LogP contribution in [0.2, 0.25) is 0 Å². The summed E-state index contributed by atoms with van der Waals surface area (Å²) in [6.45, 7) is 0. The van der Waals surface area contributed by atoms with Crippen molar-refractivity contribution >= 4 is 10.0 Å². The molecular weight excluding hydrogens is 113 g/mol. The first kappa shape index (κ1) is 10.0. The van der Waals surface area contributed by atoms with Crippen LogP contribution >= 0.6 is 0 Å². The Labute approximate surface area is 59.3 Å². The molecule has 0 amide bonds. The van der Waals surface area contributed by atoms with Crippen LogP contribution in [0, 0.1) is 0 Å². The van der Waals surface area contributed by atoms with Crippen LogP contribution in [0.3, 0.4) is 0 Å². The maximum atomic E-state index is 9.41. The molecule has 0 spiro atoms. The SMILES string of the molecule is CS(N)(=O)=O.[Na+]. The topological polar surface area (TPSA) is 60.2 Å². The van der Waals surface area contributed by atoms with Gasteiger partial charge in [0.1, 0.15) is 0 Å². The van der Waals surface area contributed by atoms with E-state index in [2.05, 4.69) is 5.14 Å². The fourth-order valence-corrected chi connectivity index (χ4v) is 0. The number of nitrogens with two attached hydrogens (primary N) is 1. The van der Waals surface area contributed by atoms with Gasteiger partial charge in [0.25, 0.3) is 0 Å². The Morgan fingerprint density at radius 2 is 1.50 bits per heavy atom. The van der Waals surface area contributed by atoms with Crippen LogP contribution in [-0.2, 0) is 10.0 Å². The Morgan fingerprint density at radius 1 is 1.50 bits per heavy atom. The standard InChI is InChI=1S/CH5NO2S.Na/c1-5(2,3)4;/h1H3,(H2,2,3,4);/q;+1. The predicted molar refractivity (Wildman–Crippen MR) is 19.0 cm³/mol. The molecule has 0 rings (SSSR count). The van der Waals surface area contributed by atoms with Gasteiger partial charge in [-0.3, -0.25) is 0 Å². The normalized spacial score (nSPS) is 9.67. The second kappa shape index (κ2) is 2.98. The van der Waals surface area contributed by atoms with Gasteiger partial charge in [0.05, 0.1) is 6.26 Å². The van der Waals surface area contributed by atoms with Gasteiger partial charge in [-0.15, -0.1) is 0 Å². The average Bonchev–Trinajstić information content (AvgIpc) is 0.722. The second-order valence-corrected chi connectivity index (χ2v) is 2.49. The van der Waals surface area contributed by atoms with Gasteiger partial charge >= 0.3 is 29.6 Å². The van der Waals surface area contributed by atoms with Gasteiger partial charge in [-0.25, -0.2) is 13.6 Å². The molecule has 6 heavy (non-hydrogen) atoms. The first-order chi connectivity index (χ1) is 2.00. The second-order valence-electron chi connectivity index (χ2n) is 0.830. The molecule has 0 fully saturated rings. The number of primary sulfonamides is 1. The number of hydrogen-bond acceptors (Lipinski definition) is 2. The first-order valence-corrected chi connectivity index (χ1v) is 2.93. The minimum absolute atomic E-state index is 0. The summed E-state index contributed by atoms with van der Waals surface area (Å²) in [5.41, 5.74) is 0. The van der Waals surface area contributed by atoms with Gasteiger partial charge in [0, 0.05) is 0 Å². The Hall–Kier alpha value is 0.910. The number of rotatable bonds is 0. The van der Waals surface area contributed by atoms with Crippen molar-refractivity contribution in [3.8, 4) is 0 Å². The van der Waals surface area contributed by atoms with Crippen LogP contribution in [0.15, 0.2) is 0 Å². The fraction of sp³-hybridized carbons (Fsp3) is 1.00. The summed E-state index contributed by atoms with van der Waals surface area (Å²) in [7, 11) is -3.17. The van der Waals surface area contributed by atoms with E-state index in [1.54, 1.807) is 0 Å². The van der Waals surface area contributed by atoms with E-state index >= 15 is 0 Å². The molecule has 0 saturated carbocycles. The molecule has 0 unspecified atom stereocenters. The van der Waals surface area contributed by atoms with Gasteiger partial charge < -0.3 is 0 Å². The summed E-state index contributed by atoms with van der Waals surface area (Å²) >= 11 is 0. The smallest absolute Gasteiger partial charge is 0.229 e. The zero-order valence-electron chi connectivity index (χ0n) is 3.80. The third kappa shape index (κ3) is 90.6. The molecule has 0 bridgehead atoms. The van der Waals surface area contributed by atoms with Crippen molar-refractivity contribution in [2.45, 2.75) is 0 Å². The van der Waals surface area contributed by atoms with Gasteiger partial charge in [0.15, 0.2) is 0 Å². The largest absolute Gasteiger partial charge is 1.00 e. The van der Waals surface area contributed by atoms with E-state index in [1.165, 1.54) is 0 Å². The quantitative estimate of drug-likeness (QED) is 0.329. The molecule has 0 atom stereocenters. The van der Waals surface area contributed by atoms with Crippen LogP contribution in [-0.4, -0.2) is 14.7 Å². The Morgan fingerprint density at radius 3 is 1.50 bits per heavy atom. The van der Waals surface area contributed by atoms with Crippen LogP contribution in [0.5, 0.6) is 0 Å². The third-order valence-electron chi connectivity index (χ3n) is 0. The minimum atomic E-state index is -3.17. The van der Waals surface area contributed by atoms with E-state index in [0.29, 0.717) is 0 Å². The molecule has 0 radical (unpaired) electrons. The molecular formula is CH5NNaO2S+. The Balaban J connectivity index is 0. The zero-order chi connectivity index (χ0) is 4.50. The third-order valence-corrected chi connectivity index (χ3v) is 0. The van der Waals surface area contributed by atoms with Gasteiger partial charge in [-0.2, -0.15) is 0 Å². The summed E-state index contributed by atoms with van der Waals surface area (Å²) in [5.74, 6) is 0. The van der Waals surface area contributed by atoms with Gasteiger partial charge in [-0.1, -0.05) is 0 Å². The molecule has 3 nitrogen and oxygen atoms in total. The molecule has 5 heteroatoms. The summed E-state index contributed by atoms with van der Waals surface area (Å²) in [6.07, 6.45) is 0.938. The zero-order valence-corrected chi connectivity index (χ0v) is 6.62. The molecule has 0 aromatic heterocycles. The van der Waals surface area contributed by atoms with E-state index in [4.69, 9.17) is 0 Å². The summed E-state index contributed by atoms with van der Waals surface area (Å²) < 4.78 is 18.8.